The van der Waals surface area contributed by atoms with Crippen molar-refractivity contribution in [2.24, 2.45) is 0 Å². The van der Waals surface area contributed by atoms with Gasteiger partial charge >= 0.3 is 5.97 Å². The Morgan fingerprint density at radius 2 is 2.09 bits per heavy atom. The number of ether oxygens (including phenoxy) is 1. The molecule has 0 heterocycles. The van der Waals surface area contributed by atoms with E-state index in [1.807, 2.05) is 20.8 Å². The fourth-order valence-electron chi connectivity index (χ4n) is 0.568. The third-order valence-electron chi connectivity index (χ3n) is 0.866. The van der Waals surface area contributed by atoms with Crippen molar-refractivity contribution in [2.45, 2.75) is 26.4 Å². The lowest BCUT2D eigenvalue weighted by atomic mass is 10.2. The maximum Gasteiger partial charge on any atom is 0.320 e. The molecular weight excluding hydrogens is 142 g/mol. The van der Waals surface area contributed by atoms with Gasteiger partial charge in [0.15, 0.2) is 0 Å². The Hall–Kier alpha value is -0.570. The van der Waals surface area contributed by atoms with Gasteiger partial charge in [-0.3, -0.25) is 4.79 Å². The average molecular weight is 158 g/mol. The fraction of sp³-hybridized carbons (Fsp3) is 0.750. The van der Waals surface area contributed by atoms with Gasteiger partial charge in [0.05, 0.1) is 6.54 Å². The van der Waals surface area contributed by atoms with E-state index in [1.165, 1.54) is 0 Å². The average Bonchev–Trinajstić information content (AvgIpc) is 1.79. The molecule has 0 aliphatic carbocycles. The summed E-state index contributed by atoms with van der Waals surface area (Å²) in [6.07, 6.45) is 0. The van der Waals surface area contributed by atoms with Crippen molar-refractivity contribution in [3.8, 4) is 0 Å². The zero-order valence-corrected chi connectivity index (χ0v) is 7.44. The van der Waals surface area contributed by atoms with Gasteiger partial charge < -0.3 is 10.1 Å². The molecule has 0 rings (SSSR count). The molecule has 11 heavy (non-hydrogen) atoms. The smallest absolute Gasteiger partial charge is 0.320 e. The monoisotopic (exact) mass is 158 g/mol. The molecule has 0 unspecified atom stereocenters. The Morgan fingerprint density at radius 3 is 2.45 bits per heavy atom. The van der Waals surface area contributed by atoms with E-state index in [0.29, 0.717) is 6.54 Å². The maximum atomic E-state index is 10.9. The maximum absolute atomic E-state index is 10.9. The van der Waals surface area contributed by atoms with Gasteiger partial charge in [0.25, 0.3) is 0 Å². The third kappa shape index (κ3) is 7.33. The second kappa shape index (κ2) is 4.34. The molecule has 0 fully saturated rings. The van der Waals surface area contributed by atoms with Gasteiger partial charge in [-0.2, -0.15) is 0 Å². The van der Waals surface area contributed by atoms with Crippen LogP contribution in [0.25, 0.3) is 0 Å². The summed E-state index contributed by atoms with van der Waals surface area (Å²) in [7, 11) is 0. The number of rotatable bonds is 3. The van der Waals surface area contributed by atoms with E-state index < -0.39 is 0 Å². The van der Waals surface area contributed by atoms with Crippen LogP contribution < -0.4 is 5.32 Å². The quantitative estimate of drug-likeness (QED) is 0.616. The molecule has 0 saturated carbocycles. The molecule has 0 aromatic heterocycles. The van der Waals surface area contributed by atoms with Gasteiger partial charge in [-0.25, -0.2) is 0 Å². The van der Waals surface area contributed by atoms with Crippen molar-refractivity contribution in [1.82, 2.24) is 5.32 Å². The van der Waals surface area contributed by atoms with Crippen LogP contribution >= 0.6 is 0 Å². The molecule has 0 aromatic carbocycles. The molecule has 1 N–H and O–H groups in total. The minimum atomic E-state index is -0.389. The first-order chi connectivity index (χ1) is 4.95. The Morgan fingerprint density at radius 1 is 1.55 bits per heavy atom. The predicted octanol–water partition coefficient (Wildman–Crippen LogP) is 0.752. The standard InChI is InChI=1S/C8H16NO2/c1-5-9-6-7(10)11-8(2,3)4/h9H,1,5-6H2,2-4H3. The normalized spacial score (nSPS) is 11.3. The second-order valence-corrected chi connectivity index (χ2v) is 3.26. The summed E-state index contributed by atoms with van der Waals surface area (Å²) in [6, 6.07) is 0. The highest BCUT2D eigenvalue weighted by atomic mass is 16.6. The predicted molar refractivity (Wildman–Crippen MR) is 44.1 cm³/mol. The summed E-state index contributed by atoms with van der Waals surface area (Å²) in [5.74, 6) is -0.235. The summed E-state index contributed by atoms with van der Waals surface area (Å²) < 4.78 is 5.01. The van der Waals surface area contributed by atoms with E-state index in [9.17, 15) is 4.79 Å². The molecule has 0 spiro atoms. The van der Waals surface area contributed by atoms with Crippen LogP contribution in [0.3, 0.4) is 0 Å². The molecule has 0 aliphatic rings. The molecule has 0 atom stereocenters. The van der Waals surface area contributed by atoms with E-state index in [2.05, 4.69) is 12.2 Å². The van der Waals surface area contributed by atoms with E-state index in [0.717, 1.165) is 0 Å². The number of hydrogen-bond acceptors (Lipinski definition) is 3. The number of carbonyl (C=O) groups is 1. The van der Waals surface area contributed by atoms with Crippen molar-refractivity contribution >= 4 is 5.97 Å². The van der Waals surface area contributed by atoms with Gasteiger partial charge in [-0.15, -0.1) is 0 Å². The van der Waals surface area contributed by atoms with Crippen molar-refractivity contribution in [1.29, 1.82) is 0 Å². The summed E-state index contributed by atoms with van der Waals surface area (Å²) in [5, 5.41) is 2.78. The number of esters is 1. The van der Waals surface area contributed by atoms with Gasteiger partial charge in [-0.05, 0) is 34.2 Å². The van der Waals surface area contributed by atoms with Crippen LogP contribution in [0.2, 0.25) is 0 Å². The first-order valence-corrected chi connectivity index (χ1v) is 3.67. The van der Waals surface area contributed by atoms with E-state index in [-0.39, 0.29) is 18.1 Å². The zero-order chi connectivity index (χ0) is 8.91. The van der Waals surface area contributed by atoms with Gasteiger partial charge in [-0.1, -0.05) is 0 Å². The number of hydrogen-bond donors (Lipinski definition) is 1. The topological polar surface area (TPSA) is 38.3 Å². The molecule has 0 aliphatic heterocycles. The van der Waals surface area contributed by atoms with E-state index >= 15 is 0 Å². The molecule has 1 radical (unpaired) electrons. The highest BCUT2D eigenvalue weighted by molar-refractivity contribution is 5.72. The molecule has 0 amide bonds. The van der Waals surface area contributed by atoms with Crippen LogP contribution in [0.5, 0.6) is 0 Å². The van der Waals surface area contributed by atoms with Crippen LogP contribution in [-0.4, -0.2) is 24.7 Å². The van der Waals surface area contributed by atoms with Crippen LogP contribution in [0, 0.1) is 6.92 Å². The highest BCUT2D eigenvalue weighted by Crippen LogP contribution is 2.05. The summed E-state index contributed by atoms with van der Waals surface area (Å²) in [4.78, 5) is 10.9. The van der Waals surface area contributed by atoms with Crippen LogP contribution in [0.15, 0.2) is 0 Å². The summed E-state index contributed by atoms with van der Waals surface area (Å²) in [6.45, 7) is 9.84. The van der Waals surface area contributed by atoms with Crippen LogP contribution in [0.1, 0.15) is 20.8 Å². The van der Waals surface area contributed by atoms with Gasteiger partial charge in [0.2, 0.25) is 0 Å². The van der Waals surface area contributed by atoms with Crippen LogP contribution in [0.4, 0.5) is 0 Å². The molecule has 3 heteroatoms. The largest absolute Gasteiger partial charge is 0.459 e. The lowest BCUT2D eigenvalue weighted by molar-refractivity contribution is -0.153. The summed E-state index contributed by atoms with van der Waals surface area (Å²) >= 11 is 0. The van der Waals surface area contributed by atoms with Crippen molar-refractivity contribution in [3.05, 3.63) is 6.92 Å². The van der Waals surface area contributed by atoms with E-state index in [4.69, 9.17) is 4.74 Å². The highest BCUT2D eigenvalue weighted by Gasteiger charge is 2.14. The molecule has 0 aromatic rings. The van der Waals surface area contributed by atoms with Crippen molar-refractivity contribution < 1.29 is 9.53 Å². The molecule has 65 valence electrons. The Bertz CT molecular complexity index is 127. The lowest BCUT2D eigenvalue weighted by Crippen LogP contribution is -2.31. The van der Waals surface area contributed by atoms with Crippen molar-refractivity contribution in [3.63, 3.8) is 0 Å². The third-order valence-corrected chi connectivity index (χ3v) is 0.866. The van der Waals surface area contributed by atoms with Gasteiger partial charge in [0.1, 0.15) is 5.60 Å². The number of carbonyl (C=O) groups excluding carboxylic acids is 1. The molecule has 0 saturated heterocycles. The van der Waals surface area contributed by atoms with Crippen molar-refractivity contribution in [2.75, 3.05) is 13.1 Å². The Balaban J connectivity index is 3.53. The van der Waals surface area contributed by atoms with Gasteiger partial charge in [0, 0.05) is 0 Å². The number of nitrogens with one attached hydrogen (secondary N) is 1. The fourth-order valence-corrected chi connectivity index (χ4v) is 0.568. The minimum Gasteiger partial charge on any atom is -0.459 e. The van der Waals surface area contributed by atoms with E-state index in [1.54, 1.807) is 0 Å². The Kier molecular flexibility index (Phi) is 4.11. The minimum absolute atomic E-state index is 0.235. The zero-order valence-electron chi connectivity index (χ0n) is 7.44. The molecular formula is C8H16NO2. The lowest BCUT2D eigenvalue weighted by Gasteiger charge is -2.19. The first kappa shape index (κ1) is 10.4. The Labute approximate surface area is 68.1 Å². The second-order valence-electron chi connectivity index (χ2n) is 3.26. The first-order valence-electron chi connectivity index (χ1n) is 3.67. The molecule has 3 nitrogen and oxygen atoms in total. The summed E-state index contributed by atoms with van der Waals surface area (Å²) in [5.41, 5.74) is -0.389. The molecule has 0 bridgehead atoms. The SMILES string of the molecule is [CH2]CNCC(=O)OC(C)(C)C. The van der Waals surface area contributed by atoms with Crippen LogP contribution in [-0.2, 0) is 9.53 Å².